The minimum Gasteiger partial charge on any atom is -0.382 e. The normalized spacial score (nSPS) is 12.3. The maximum Gasteiger partial charge on any atom is 0.151 e. The molecule has 0 spiro atoms. The minimum atomic E-state index is 0.207. The fourth-order valence-corrected chi connectivity index (χ4v) is 4.40. The molecule has 2 aromatic heterocycles. The third kappa shape index (κ3) is 5.40. The number of anilines is 1. The molecule has 3 rings (SSSR count). The van der Waals surface area contributed by atoms with Gasteiger partial charge in [0.1, 0.15) is 10.5 Å². The summed E-state index contributed by atoms with van der Waals surface area (Å²) in [4.78, 5) is 9.31. The Morgan fingerprint density at radius 1 is 1.11 bits per heavy atom. The molecule has 0 fully saturated rings. The van der Waals surface area contributed by atoms with Crippen LogP contribution in [0.15, 0.2) is 18.2 Å². The monoisotopic (exact) mass is 399 g/mol. The van der Waals surface area contributed by atoms with Crippen LogP contribution in [0.25, 0.3) is 21.1 Å². The van der Waals surface area contributed by atoms with Gasteiger partial charge in [-0.25, -0.2) is 9.97 Å². The van der Waals surface area contributed by atoms with Crippen molar-refractivity contribution in [3.05, 3.63) is 28.8 Å². The minimum absolute atomic E-state index is 0.207. The molecule has 1 aromatic carbocycles. The number of hydrogen-bond acceptors (Lipinski definition) is 6. The van der Waals surface area contributed by atoms with Gasteiger partial charge in [-0.05, 0) is 64.8 Å². The van der Waals surface area contributed by atoms with Gasteiger partial charge >= 0.3 is 0 Å². The van der Waals surface area contributed by atoms with Crippen molar-refractivity contribution in [1.29, 1.82) is 0 Å². The molecule has 0 bridgehead atoms. The number of nitrogen functional groups attached to an aromatic ring is 1. The quantitative estimate of drug-likeness (QED) is 0.457. The van der Waals surface area contributed by atoms with Crippen molar-refractivity contribution in [2.75, 3.05) is 18.8 Å². The largest absolute Gasteiger partial charge is 0.382 e. The van der Waals surface area contributed by atoms with E-state index in [1.54, 1.807) is 11.3 Å². The summed E-state index contributed by atoms with van der Waals surface area (Å²) in [6.07, 6.45) is 4.73. The fourth-order valence-electron chi connectivity index (χ4n) is 3.32. The lowest BCUT2D eigenvalue weighted by Gasteiger charge is -2.20. The zero-order chi connectivity index (χ0) is 20.1. The zero-order valence-electron chi connectivity index (χ0n) is 17.6. The van der Waals surface area contributed by atoms with Crippen molar-refractivity contribution >= 4 is 38.3 Å². The summed E-state index contributed by atoms with van der Waals surface area (Å²) in [7, 11) is 0. The second-order valence-corrected chi connectivity index (χ2v) is 9.49. The van der Waals surface area contributed by atoms with E-state index in [0.717, 1.165) is 52.2 Å². The lowest BCUT2D eigenvalue weighted by atomic mass is 10.0. The Hall–Kier alpha value is -1.76. The lowest BCUT2D eigenvalue weighted by molar-refractivity contribution is 0.417. The van der Waals surface area contributed by atoms with E-state index >= 15 is 0 Å². The van der Waals surface area contributed by atoms with Gasteiger partial charge in [0.15, 0.2) is 5.82 Å². The van der Waals surface area contributed by atoms with Crippen LogP contribution in [0.5, 0.6) is 0 Å². The topological polar surface area (TPSA) is 75.9 Å². The Bertz CT molecular complexity index is 926. The van der Waals surface area contributed by atoms with Gasteiger partial charge in [0.25, 0.3) is 0 Å². The number of aromatic nitrogens is 2. The molecular weight excluding hydrogens is 366 g/mol. The Morgan fingerprint density at radius 2 is 1.93 bits per heavy atom. The van der Waals surface area contributed by atoms with E-state index in [9.17, 15) is 0 Å². The number of nitrogens with two attached hydrogens (primary N) is 1. The number of nitrogens with zero attached hydrogens (tertiary/aromatic N) is 2. The van der Waals surface area contributed by atoms with Crippen LogP contribution in [-0.4, -0.2) is 28.6 Å². The summed E-state index contributed by atoms with van der Waals surface area (Å²) < 4.78 is 1.15. The highest BCUT2D eigenvalue weighted by Crippen LogP contribution is 2.33. The van der Waals surface area contributed by atoms with Gasteiger partial charge in [-0.2, -0.15) is 0 Å². The molecule has 0 saturated carbocycles. The van der Waals surface area contributed by atoms with Crippen molar-refractivity contribution in [2.45, 2.75) is 65.5 Å². The van der Waals surface area contributed by atoms with Gasteiger partial charge in [-0.3, -0.25) is 0 Å². The summed E-state index contributed by atoms with van der Waals surface area (Å²) in [5.41, 5.74) is 9.57. The average molecular weight is 400 g/mol. The Morgan fingerprint density at radius 3 is 2.68 bits per heavy atom. The Labute approximate surface area is 172 Å². The summed E-state index contributed by atoms with van der Waals surface area (Å²) in [5.74, 6) is 0.534. The van der Waals surface area contributed by atoms with Crippen molar-refractivity contribution in [3.63, 3.8) is 0 Å². The molecule has 0 aliphatic rings. The molecule has 28 heavy (non-hydrogen) atoms. The molecule has 0 atom stereocenters. The molecule has 0 unspecified atom stereocenters. The number of hydrogen-bond donors (Lipinski definition) is 3. The predicted octanol–water partition coefficient (Wildman–Crippen LogP) is 4.64. The SMILES string of the molecule is CCNCc1nc2c(N)nc3cc(CCCCCNC(C)(C)C)ccc3c2s1. The van der Waals surface area contributed by atoms with Gasteiger partial charge in [-0.1, -0.05) is 25.5 Å². The first-order chi connectivity index (χ1) is 13.4. The summed E-state index contributed by atoms with van der Waals surface area (Å²) in [5, 5.41) is 9.10. The van der Waals surface area contributed by atoms with E-state index in [0.29, 0.717) is 5.82 Å². The van der Waals surface area contributed by atoms with E-state index in [4.69, 9.17) is 5.73 Å². The van der Waals surface area contributed by atoms with E-state index < -0.39 is 0 Å². The first-order valence-electron chi connectivity index (χ1n) is 10.3. The van der Waals surface area contributed by atoms with Crippen LogP contribution < -0.4 is 16.4 Å². The highest BCUT2D eigenvalue weighted by molar-refractivity contribution is 7.19. The standard InChI is InChI=1S/C22H33N5S/c1-5-24-14-18-27-19-20(28-18)16-11-10-15(13-17(16)26-21(19)23)9-7-6-8-12-25-22(2,3)4/h10-11,13,24-25H,5-9,12,14H2,1-4H3,(H2,23,26). The Kier molecular flexibility index (Phi) is 6.86. The van der Waals surface area contributed by atoms with Crippen molar-refractivity contribution in [1.82, 2.24) is 20.6 Å². The number of benzene rings is 1. The molecule has 0 radical (unpaired) electrons. The molecule has 2 heterocycles. The molecule has 3 aromatic rings. The van der Waals surface area contributed by atoms with Gasteiger partial charge < -0.3 is 16.4 Å². The number of thiazole rings is 1. The van der Waals surface area contributed by atoms with Gasteiger partial charge in [-0.15, -0.1) is 11.3 Å². The molecule has 4 N–H and O–H groups in total. The molecular formula is C22H33N5S. The van der Waals surface area contributed by atoms with E-state index in [1.165, 1.54) is 24.8 Å². The highest BCUT2D eigenvalue weighted by atomic mass is 32.1. The maximum absolute atomic E-state index is 6.21. The van der Waals surface area contributed by atoms with Crippen LogP contribution in [0.1, 0.15) is 57.5 Å². The number of rotatable bonds is 9. The summed E-state index contributed by atoms with van der Waals surface area (Å²) in [6, 6.07) is 6.62. The van der Waals surface area contributed by atoms with Crippen molar-refractivity contribution in [3.8, 4) is 0 Å². The van der Waals surface area contributed by atoms with Crippen LogP contribution in [0.2, 0.25) is 0 Å². The lowest BCUT2D eigenvalue weighted by Crippen LogP contribution is -2.36. The molecule has 0 saturated heterocycles. The molecule has 152 valence electrons. The van der Waals surface area contributed by atoms with Crippen molar-refractivity contribution < 1.29 is 0 Å². The number of pyridine rings is 1. The van der Waals surface area contributed by atoms with E-state index in [2.05, 4.69) is 66.5 Å². The van der Waals surface area contributed by atoms with Gasteiger partial charge in [0.05, 0.1) is 10.2 Å². The van der Waals surface area contributed by atoms with Crippen molar-refractivity contribution in [2.24, 2.45) is 0 Å². The second-order valence-electron chi connectivity index (χ2n) is 8.40. The maximum atomic E-state index is 6.21. The Balaban J connectivity index is 1.67. The third-order valence-corrected chi connectivity index (χ3v) is 5.87. The van der Waals surface area contributed by atoms with Gasteiger partial charge in [0.2, 0.25) is 0 Å². The van der Waals surface area contributed by atoms with Crippen LogP contribution in [-0.2, 0) is 13.0 Å². The smallest absolute Gasteiger partial charge is 0.151 e. The average Bonchev–Trinajstić information content (AvgIpc) is 3.07. The zero-order valence-corrected chi connectivity index (χ0v) is 18.4. The van der Waals surface area contributed by atoms with E-state index in [1.807, 2.05) is 0 Å². The second kappa shape index (κ2) is 9.16. The third-order valence-electron chi connectivity index (χ3n) is 4.79. The van der Waals surface area contributed by atoms with Crippen LogP contribution in [0.4, 0.5) is 5.82 Å². The number of unbranched alkanes of at least 4 members (excludes halogenated alkanes) is 2. The molecule has 6 heteroatoms. The highest BCUT2D eigenvalue weighted by Gasteiger charge is 2.13. The molecule has 0 amide bonds. The molecule has 0 aliphatic heterocycles. The summed E-state index contributed by atoms with van der Waals surface area (Å²) in [6.45, 7) is 11.5. The van der Waals surface area contributed by atoms with E-state index in [-0.39, 0.29) is 5.54 Å². The molecule has 0 aliphatic carbocycles. The predicted molar refractivity (Wildman–Crippen MR) is 122 cm³/mol. The van der Waals surface area contributed by atoms with Crippen LogP contribution in [0, 0.1) is 0 Å². The first kappa shape index (κ1) is 21.0. The van der Waals surface area contributed by atoms with Gasteiger partial charge in [0, 0.05) is 17.5 Å². The number of nitrogens with one attached hydrogen (secondary N) is 2. The van der Waals surface area contributed by atoms with Crippen LogP contribution in [0.3, 0.4) is 0 Å². The number of aryl methyl sites for hydroxylation is 1. The summed E-state index contributed by atoms with van der Waals surface area (Å²) >= 11 is 1.72. The number of fused-ring (bicyclic) bond motifs is 3. The van der Waals surface area contributed by atoms with Crippen LogP contribution >= 0.6 is 11.3 Å². The molecule has 5 nitrogen and oxygen atoms in total. The fraction of sp³-hybridized carbons (Fsp3) is 0.545. The first-order valence-corrected chi connectivity index (χ1v) is 11.1.